The van der Waals surface area contributed by atoms with E-state index in [4.69, 9.17) is 37.4 Å². The van der Waals surface area contributed by atoms with E-state index in [2.05, 4.69) is 27.7 Å². The lowest BCUT2D eigenvalue weighted by Gasteiger charge is -2.09. The largest absolute Gasteiger partial charge is 0.489 e. The van der Waals surface area contributed by atoms with Gasteiger partial charge in [0.15, 0.2) is 0 Å². The molecule has 0 N–H and O–H groups in total. The SMILES string of the molecule is Cc1nn(C)c(Oc2ccc(Oc3ccc(OCC=C(Cl)Cl)cc3)cc2)c1I. The minimum Gasteiger partial charge on any atom is -0.489 e. The molecule has 5 nitrogen and oxygen atoms in total. The Kier molecular flexibility index (Phi) is 7.09. The van der Waals surface area contributed by atoms with Crippen molar-refractivity contribution >= 4 is 45.8 Å². The molecule has 0 atom stereocenters. The maximum Gasteiger partial charge on any atom is 0.231 e. The maximum absolute atomic E-state index is 5.93. The monoisotopic (exact) mass is 530 g/mol. The summed E-state index contributed by atoms with van der Waals surface area (Å²) in [4.78, 5) is 0. The fraction of sp³-hybridized carbons (Fsp3) is 0.150. The molecule has 1 aromatic heterocycles. The van der Waals surface area contributed by atoms with Gasteiger partial charge in [-0.05, 0) is 84.1 Å². The molecule has 0 aliphatic heterocycles. The Balaban J connectivity index is 1.60. The molecule has 28 heavy (non-hydrogen) atoms. The molecular formula is C20H17Cl2IN2O3. The van der Waals surface area contributed by atoms with E-state index < -0.39 is 0 Å². The zero-order valence-corrected chi connectivity index (χ0v) is 18.8. The zero-order chi connectivity index (χ0) is 20.1. The number of benzene rings is 2. The Morgan fingerprint density at radius 1 is 0.964 bits per heavy atom. The van der Waals surface area contributed by atoms with Gasteiger partial charge in [-0.25, -0.2) is 4.68 Å². The average molecular weight is 531 g/mol. The lowest BCUT2D eigenvalue weighted by molar-refractivity contribution is 0.362. The van der Waals surface area contributed by atoms with Gasteiger partial charge in [-0.1, -0.05) is 23.2 Å². The van der Waals surface area contributed by atoms with E-state index in [1.54, 1.807) is 10.8 Å². The van der Waals surface area contributed by atoms with Crippen molar-refractivity contribution in [1.82, 2.24) is 9.78 Å². The van der Waals surface area contributed by atoms with Crippen LogP contribution in [0.25, 0.3) is 0 Å². The van der Waals surface area contributed by atoms with Crippen LogP contribution in [0.15, 0.2) is 59.1 Å². The molecule has 2 aromatic carbocycles. The highest BCUT2D eigenvalue weighted by molar-refractivity contribution is 14.1. The molecule has 0 radical (unpaired) electrons. The van der Waals surface area contributed by atoms with Crippen molar-refractivity contribution in [2.45, 2.75) is 6.92 Å². The first-order valence-corrected chi connectivity index (χ1v) is 10.1. The number of rotatable bonds is 7. The van der Waals surface area contributed by atoms with Gasteiger partial charge in [-0.15, -0.1) is 0 Å². The quantitative estimate of drug-likeness (QED) is 0.322. The topological polar surface area (TPSA) is 45.5 Å². The number of hydrogen-bond donors (Lipinski definition) is 0. The Labute approximate surface area is 186 Å². The van der Waals surface area contributed by atoms with Crippen molar-refractivity contribution in [3.63, 3.8) is 0 Å². The van der Waals surface area contributed by atoms with Crippen molar-refractivity contribution in [2.24, 2.45) is 7.05 Å². The van der Waals surface area contributed by atoms with E-state index >= 15 is 0 Å². The Hall–Kier alpha value is -1.90. The van der Waals surface area contributed by atoms with E-state index in [1.807, 2.05) is 62.5 Å². The number of hydrogen-bond acceptors (Lipinski definition) is 4. The van der Waals surface area contributed by atoms with Crippen molar-refractivity contribution in [2.75, 3.05) is 6.61 Å². The highest BCUT2D eigenvalue weighted by Crippen LogP contribution is 2.30. The van der Waals surface area contributed by atoms with Crippen molar-refractivity contribution < 1.29 is 14.2 Å². The predicted octanol–water partition coefficient (Wildman–Crippen LogP) is 6.62. The van der Waals surface area contributed by atoms with Gasteiger partial charge in [-0.3, -0.25) is 0 Å². The number of nitrogens with zero attached hydrogens (tertiary/aromatic N) is 2. The maximum atomic E-state index is 5.93. The van der Waals surface area contributed by atoms with E-state index in [0.29, 0.717) is 35.5 Å². The normalized spacial score (nSPS) is 10.5. The summed E-state index contributed by atoms with van der Waals surface area (Å²) in [5.41, 5.74) is 0.937. The molecule has 0 amide bonds. The molecule has 0 bridgehead atoms. The number of ether oxygens (including phenoxy) is 3. The summed E-state index contributed by atoms with van der Waals surface area (Å²) in [5, 5.41) is 4.35. The first-order valence-electron chi connectivity index (χ1n) is 8.31. The van der Waals surface area contributed by atoms with Crippen LogP contribution in [-0.4, -0.2) is 16.4 Å². The summed E-state index contributed by atoms with van der Waals surface area (Å²) in [6.07, 6.45) is 1.57. The summed E-state index contributed by atoms with van der Waals surface area (Å²) in [6.45, 7) is 2.25. The lowest BCUT2D eigenvalue weighted by Crippen LogP contribution is -1.96. The van der Waals surface area contributed by atoms with Gasteiger partial charge in [0.1, 0.15) is 34.1 Å². The van der Waals surface area contributed by atoms with Crippen molar-refractivity contribution in [3.05, 3.63) is 68.4 Å². The highest BCUT2D eigenvalue weighted by atomic mass is 127. The van der Waals surface area contributed by atoms with Crippen LogP contribution in [0, 0.1) is 10.5 Å². The second-order valence-electron chi connectivity index (χ2n) is 5.78. The third-order valence-electron chi connectivity index (χ3n) is 3.68. The van der Waals surface area contributed by atoms with Gasteiger partial charge in [0.2, 0.25) is 5.88 Å². The molecular weight excluding hydrogens is 514 g/mol. The Morgan fingerprint density at radius 3 is 1.93 bits per heavy atom. The summed E-state index contributed by atoms with van der Waals surface area (Å²) >= 11 is 13.3. The van der Waals surface area contributed by atoms with Crippen LogP contribution < -0.4 is 14.2 Å². The number of halogens is 3. The minimum absolute atomic E-state index is 0.181. The number of aromatic nitrogens is 2. The van der Waals surface area contributed by atoms with Crippen molar-refractivity contribution in [1.29, 1.82) is 0 Å². The first kappa shape index (κ1) is 20.8. The molecule has 8 heteroatoms. The average Bonchev–Trinajstić information content (AvgIpc) is 2.90. The summed E-state index contributed by atoms with van der Waals surface area (Å²) in [6, 6.07) is 14.7. The Morgan fingerprint density at radius 2 is 1.46 bits per heavy atom. The van der Waals surface area contributed by atoms with E-state index in [1.165, 1.54) is 0 Å². The summed E-state index contributed by atoms with van der Waals surface area (Å²) < 4.78 is 20.2. The lowest BCUT2D eigenvalue weighted by atomic mass is 10.3. The summed E-state index contributed by atoms with van der Waals surface area (Å²) in [5.74, 6) is 3.52. The highest BCUT2D eigenvalue weighted by Gasteiger charge is 2.12. The smallest absolute Gasteiger partial charge is 0.231 e. The van der Waals surface area contributed by atoms with Crippen LogP contribution in [0.5, 0.6) is 28.9 Å². The minimum atomic E-state index is 0.181. The van der Waals surface area contributed by atoms with Gasteiger partial charge >= 0.3 is 0 Å². The Bertz CT molecular complexity index is 966. The van der Waals surface area contributed by atoms with E-state index in [-0.39, 0.29) is 4.49 Å². The van der Waals surface area contributed by atoms with E-state index in [9.17, 15) is 0 Å². The van der Waals surface area contributed by atoms with Gasteiger partial charge < -0.3 is 14.2 Å². The molecule has 0 unspecified atom stereocenters. The molecule has 1 heterocycles. The molecule has 0 fully saturated rings. The summed E-state index contributed by atoms with van der Waals surface area (Å²) in [7, 11) is 1.86. The van der Waals surface area contributed by atoms with Crippen molar-refractivity contribution in [3.8, 4) is 28.9 Å². The third kappa shape index (κ3) is 5.56. The molecule has 0 aliphatic carbocycles. The predicted molar refractivity (Wildman–Crippen MR) is 119 cm³/mol. The fourth-order valence-corrected chi connectivity index (χ4v) is 3.04. The van der Waals surface area contributed by atoms with Gasteiger partial charge in [-0.2, -0.15) is 5.10 Å². The van der Waals surface area contributed by atoms with Crippen LogP contribution >= 0.6 is 45.8 Å². The molecule has 3 rings (SSSR count). The second-order valence-corrected chi connectivity index (χ2v) is 7.87. The van der Waals surface area contributed by atoms with Crippen LogP contribution in [-0.2, 0) is 7.05 Å². The first-order chi connectivity index (χ1) is 13.4. The van der Waals surface area contributed by atoms with Crippen LogP contribution in [0.4, 0.5) is 0 Å². The third-order valence-corrected chi connectivity index (χ3v) is 5.24. The van der Waals surface area contributed by atoms with Gasteiger partial charge in [0, 0.05) is 7.05 Å². The van der Waals surface area contributed by atoms with E-state index in [0.717, 1.165) is 9.26 Å². The molecule has 0 saturated heterocycles. The molecule has 0 spiro atoms. The molecule has 3 aromatic rings. The van der Waals surface area contributed by atoms with Gasteiger partial charge in [0.05, 0.1) is 9.26 Å². The zero-order valence-electron chi connectivity index (χ0n) is 15.2. The second kappa shape index (κ2) is 9.54. The molecule has 146 valence electrons. The van der Waals surface area contributed by atoms with Crippen LogP contribution in [0.3, 0.4) is 0 Å². The molecule has 0 saturated carbocycles. The standard InChI is InChI=1S/C20H17Cl2IN2O3/c1-13-19(23)20(25(2)24-13)28-17-9-7-16(8-10-17)27-15-5-3-14(4-6-15)26-12-11-18(21)22/h3-11H,12H2,1-2H3. The fourth-order valence-electron chi connectivity index (χ4n) is 2.35. The number of aryl methyl sites for hydroxylation is 2. The van der Waals surface area contributed by atoms with Crippen LogP contribution in [0.1, 0.15) is 5.69 Å². The van der Waals surface area contributed by atoms with Gasteiger partial charge in [0.25, 0.3) is 0 Å². The molecule has 0 aliphatic rings. The van der Waals surface area contributed by atoms with Crippen LogP contribution in [0.2, 0.25) is 0 Å².